The topological polar surface area (TPSA) is 58.0 Å². The summed E-state index contributed by atoms with van der Waals surface area (Å²) < 4.78 is 0. The van der Waals surface area contributed by atoms with Crippen molar-refractivity contribution in [1.82, 2.24) is 25.1 Å². The summed E-state index contributed by atoms with van der Waals surface area (Å²) in [5.74, 6) is 1.04. The molecule has 0 bridgehead atoms. The smallest absolute Gasteiger partial charge is 0.151 e. The summed E-state index contributed by atoms with van der Waals surface area (Å²) >= 11 is 0. The maximum atomic E-state index is 4.44. The number of fused-ring (bicyclic) bond motifs is 1. The second-order valence-corrected chi connectivity index (χ2v) is 7.00. The Balaban J connectivity index is 1.35. The van der Waals surface area contributed by atoms with Crippen molar-refractivity contribution in [3.8, 4) is 0 Å². The molecule has 3 heterocycles. The van der Waals surface area contributed by atoms with Gasteiger partial charge in [-0.3, -0.25) is 14.9 Å². The van der Waals surface area contributed by atoms with E-state index >= 15 is 0 Å². The molecule has 6 nitrogen and oxygen atoms in total. The van der Waals surface area contributed by atoms with Gasteiger partial charge < -0.3 is 4.90 Å². The molecule has 126 valence electrons. The molecule has 1 saturated heterocycles. The lowest BCUT2D eigenvalue weighted by molar-refractivity contribution is 0.194. The molecule has 2 aliphatic rings. The molecule has 0 aromatic carbocycles. The van der Waals surface area contributed by atoms with Gasteiger partial charge in [-0.15, -0.1) is 5.10 Å². The summed E-state index contributed by atoms with van der Waals surface area (Å²) in [6.07, 6.45) is 8.48. The SMILES string of the molecule is Cc1cnc(CN(C)C2CN(c3cc4c(nn3)CCCC4)C2)cn1. The summed E-state index contributed by atoms with van der Waals surface area (Å²) in [5, 5.41) is 8.88. The number of hydrogen-bond donors (Lipinski definition) is 0. The van der Waals surface area contributed by atoms with Gasteiger partial charge in [0.15, 0.2) is 5.82 Å². The highest BCUT2D eigenvalue weighted by molar-refractivity contribution is 5.45. The highest BCUT2D eigenvalue weighted by Crippen LogP contribution is 2.26. The lowest BCUT2D eigenvalue weighted by Gasteiger charge is -2.44. The van der Waals surface area contributed by atoms with Crippen LogP contribution >= 0.6 is 0 Å². The van der Waals surface area contributed by atoms with Crippen molar-refractivity contribution in [2.24, 2.45) is 0 Å². The van der Waals surface area contributed by atoms with Gasteiger partial charge in [0, 0.05) is 38.1 Å². The molecule has 0 saturated carbocycles. The Morgan fingerprint density at radius 1 is 1.12 bits per heavy atom. The zero-order valence-electron chi connectivity index (χ0n) is 14.4. The van der Waals surface area contributed by atoms with Crippen LogP contribution in [0.25, 0.3) is 0 Å². The molecule has 6 heteroatoms. The van der Waals surface area contributed by atoms with Crippen molar-refractivity contribution < 1.29 is 0 Å². The zero-order chi connectivity index (χ0) is 16.5. The van der Waals surface area contributed by atoms with Gasteiger partial charge in [0.05, 0.1) is 17.1 Å². The minimum Gasteiger partial charge on any atom is -0.352 e. The Kier molecular flexibility index (Phi) is 4.14. The number of likely N-dealkylation sites (N-methyl/N-ethyl adjacent to an activating group) is 1. The van der Waals surface area contributed by atoms with Crippen molar-refractivity contribution in [2.45, 2.75) is 45.2 Å². The molecule has 4 rings (SSSR count). The summed E-state index contributed by atoms with van der Waals surface area (Å²) in [5.41, 5.74) is 4.59. The minimum absolute atomic E-state index is 0.533. The second kappa shape index (κ2) is 6.43. The van der Waals surface area contributed by atoms with E-state index in [-0.39, 0.29) is 0 Å². The summed E-state index contributed by atoms with van der Waals surface area (Å²) in [6, 6.07) is 2.79. The van der Waals surface area contributed by atoms with Crippen molar-refractivity contribution >= 4 is 5.82 Å². The molecule has 0 N–H and O–H groups in total. The number of aryl methyl sites for hydroxylation is 3. The molecule has 0 radical (unpaired) electrons. The fourth-order valence-electron chi connectivity index (χ4n) is 3.44. The van der Waals surface area contributed by atoms with Crippen LogP contribution < -0.4 is 4.90 Å². The van der Waals surface area contributed by atoms with Crippen LogP contribution in [-0.4, -0.2) is 51.2 Å². The van der Waals surface area contributed by atoms with E-state index in [0.29, 0.717) is 6.04 Å². The van der Waals surface area contributed by atoms with E-state index in [0.717, 1.165) is 49.7 Å². The molecule has 2 aromatic rings. The average Bonchev–Trinajstić information content (AvgIpc) is 2.55. The van der Waals surface area contributed by atoms with Crippen molar-refractivity contribution in [3.63, 3.8) is 0 Å². The summed E-state index contributed by atoms with van der Waals surface area (Å²) in [4.78, 5) is 13.4. The zero-order valence-corrected chi connectivity index (χ0v) is 14.4. The first-order valence-corrected chi connectivity index (χ1v) is 8.77. The van der Waals surface area contributed by atoms with Gasteiger partial charge >= 0.3 is 0 Å². The van der Waals surface area contributed by atoms with Gasteiger partial charge in [-0.25, -0.2) is 0 Å². The second-order valence-electron chi connectivity index (χ2n) is 7.00. The third-order valence-corrected chi connectivity index (χ3v) is 5.11. The van der Waals surface area contributed by atoms with Crippen LogP contribution in [0.4, 0.5) is 5.82 Å². The molecule has 0 amide bonds. The first kappa shape index (κ1) is 15.4. The Morgan fingerprint density at radius 3 is 2.75 bits per heavy atom. The Hall–Kier alpha value is -2.08. The van der Waals surface area contributed by atoms with E-state index in [9.17, 15) is 0 Å². The third-order valence-electron chi connectivity index (χ3n) is 5.11. The Bertz CT molecular complexity index is 708. The lowest BCUT2D eigenvalue weighted by atomic mass is 9.96. The predicted octanol–water partition coefficient (Wildman–Crippen LogP) is 1.77. The third kappa shape index (κ3) is 3.11. The highest BCUT2D eigenvalue weighted by Gasteiger charge is 2.31. The van der Waals surface area contributed by atoms with Crippen LogP contribution in [0, 0.1) is 6.92 Å². The van der Waals surface area contributed by atoms with Gasteiger partial charge in [-0.1, -0.05) is 0 Å². The molecule has 0 unspecified atom stereocenters. The van der Waals surface area contributed by atoms with Crippen LogP contribution in [0.1, 0.15) is 35.5 Å². The van der Waals surface area contributed by atoms with Crippen molar-refractivity contribution in [2.75, 3.05) is 25.0 Å². The monoisotopic (exact) mass is 324 g/mol. The molecule has 1 fully saturated rings. The Morgan fingerprint density at radius 2 is 1.96 bits per heavy atom. The predicted molar refractivity (Wildman–Crippen MR) is 92.9 cm³/mol. The van der Waals surface area contributed by atoms with Crippen LogP contribution in [0.3, 0.4) is 0 Å². The van der Waals surface area contributed by atoms with Gasteiger partial charge in [-0.05, 0) is 51.3 Å². The molecule has 0 spiro atoms. The number of aromatic nitrogens is 4. The molecular weight excluding hydrogens is 300 g/mol. The largest absolute Gasteiger partial charge is 0.352 e. The standard InChI is InChI=1S/C18H24N6/c1-13-8-20-15(9-19-13)10-23(2)16-11-24(12-16)18-7-14-5-3-4-6-17(14)21-22-18/h7-9,16H,3-6,10-12H2,1-2H3. The summed E-state index contributed by atoms with van der Waals surface area (Å²) in [6.45, 7) is 4.80. The number of rotatable bonds is 4. The van der Waals surface area contributed by atoms with Gasteiger partial charge in [0.2, 0.25) is 0 Å². The van der Waals surface area contributed by atoms with Gasteiger partial charge in [0.25, 0.3) is 0 Å². The van der Waals surface area contributed by atoms with Crippen molar-refractivity contribution in [3.05, 3.63) is 41.1 Å². The molecule has 24 heavy (non-hydrogen) atoms. The quantitative estimate of drug-likeness (QED) is 0.854. The average molecular weight is 324 g/mol. The normalized spacial score (nSPS) is 17.7. The van der Waals surface area contributed by atoms with Crippen LogP contribution in [0.5, 0.6) is 0 Å². The fourth-order valence-corrected chi connectivity index (χ4v) is 3.44. The van der Waals surface area contributed by atoms with Crippen LogP contribution in [0.15, 0.2) is 18.5 Å². The van der Waals surface area contributed by atoms with Gasteiger partial charge in [0.1, 0.15) is 0 Å². The summed E-state index contributed by atoms with van der Waals surface area (Å²) in [7, 11) is 2.15. The van der Waals surface area contributed by atoms with E-state index in [1.165, 1.54) is 24.1 Å². The fraction of sp³-hybridized carbons (Fsp3) is 0.556. The van der Waals surface area contributed by atoms with Crippen LogP contribution in [0.2, 0.25) is 0 Å². The maximum Gasteiger partial charge on any atom is 0.151 e. The molecule has 2 aromatic heterocycles. The first-order chi connectivity index (χ1) is 11.7. The van der Waals surface area contributed by atoms with E-state index in [2.05, 4.69) is 43.1 Å². The minimum atomic E-state index is 0.533. The van der Waals surface area contributed by atoms with Crippen molar-refractivity contribution in [1.29, 1.82) is 0 Å². The van der Waals surface area contributed by atoms with E-state index < -0.39 is 0 Å². The number of nitrogens with zero attached hydrogens (tertiary/aromatic N) is 6. The number of hydrogen-bond acceptors (Lipinski definition) is 6. The molecular formula is C18H24N6. The molecule has 1 aliphatic heterocycles. The first-order valence-electron chi connectivity index (χ1n) is 8.77. The number of anilines is 1. The Labute approximate surface area is 142 Å². The van der Waals surface area contributed by atoms with Gasteiger partial charge in [-0.2, -0.15) is 5.10 Å². The maximum absolute atomic E-state index is 4.44. The molecule has 0 atom stereocenters. The van der Waals surface area contributed by atoms with E-state index in [1.807, 2.05) is 19.3 Å². The lowest BCUT2D eigenvalue weighted by Crippen LogP contribution is -2.58. The highest BCUT2D eigenvalue weighted by atomic mass is 15.4. The van der Waals surface area contributed by atoms with E-state index in [4.69, 9.17) is 0 Å². The molecule has 1 aliphatic carbocycles. The van der Waals surface area contributed by atoms with Crippen LogP contribution in [-0.2, 0) is 19.4 Å². The van der Waals surface area contributed by atoms with E-state index in [1.54, 1.807) is 0 Å².